The Bertz CT molecular complexity index is 347. The highest BCUT2D eigenvalue weighted by Gasteiger charge is 2.08. The molecule has 0 aliphatic rings. The summed E-state index contributed by atoms with van der Waals surface area (Å²) in [6, 6.07) is 0.318. The Hall–Kier alpha value is -2.37. The molecule has 0 aliphatic heterocycles. The molecule has 0 amide bonds. The highest BCUT2D eigenvalue weighted by atomic mass is 16.5. The van der Waals surface area contributed by atoms with Gasteiger partial charge in [-0.2, -0.15) is 9.97 Å². The Morgan fingerprint density at radius 3 is 1.89 bits per heavy atom. The van der Waals surface area contributed by atoms with Crippen LogP contribution in [-0.4, -0.2) is 28.2 Å². The molecule has 18 heavy (non-hydrogen) atoms. The van der Waals surface area contributed by atoms with Crippen molar-refractivity contribution in [1.29, 1.82) is 0 Å². The minimum absolute atomic E-state index is 0.159. The quantitative estimate of drug-likeness (QED) is 0.490. The highest BCUT2D eigenvalue weighted by molar-refractivity contribution is 5.05. The minimum atomic E-state index is 0.159. The summed E-state index contributed by atoms with van der Waals surface area (Å²) in [5.41, 5.74) is 0. The maximum Gasteiger partial charge on any atom is 0.323 e. The highest BCUT2D eigenvalue weighted by Crippen LogP contribution is 2.10. The van der Waals surface area contributed by atoms with E-state index in [4.69, 9.17) is 14.2 Å². The summed E-state index contributed by atoms with van der Waals surface area (Å²) in [5.74, 6) is 0.392. The number of nitrogens with zero attached hydrogens (tertiary/aromatic N) is 3. The van der Waals surface area contributed by atoms with E-state index in [1.165, 1.54) is 6.26 Å². The fourth-order valence-corrected chi connectivity index (χ4v) is 0.972. The molecule has 6 heteroatoms. The average molecular weight is 249 g/mol. The lowest BCUT2D eigenvalue weighted by Gasteiger charge is -2.07. The molecule has 0 saturated carbocycles. The molecule has 0 atom stereocenters. The molecule has 0 radical (unpaired) electrons. The first-order valence-corrected chi connectivity index (χ1v) is 5.25. The third-order valence-corrected chi connectivity index (χ3v) is 1.63. The number of rotatable bonds is 9. The van der Waals surface area contributed by atoms with Crippen LogP contribution in [0, 0.1) is 0 Å². The molecule has 1 aromatic heterocycles. The summed E-state index contributed by atoms with van der Waals surface area (Å²) in [6.07, 6.45) is 4.49. The van der Waals surface area contributed by atoms with Gasteiger partial charge in [-0.1, -0.05) is 31.9 Å². The first kappa shape index (κ1) is 13.7. The maximum atomic E-state index is 5.23. The van der Waals surface area contributed by atoms with Gasteiger partial charge < -0.3 is 14.2 Å². The van der Waals surface area contributed by atoms with E-state index in [1.54, 1.807) is 12.2 Å². The molecule has 0 N–H and O–H groups in total. The molecule has 96 valence electrons. The van der Waals surface area contributed by atoms with Crippen LogP contribution in [0.1, 0.15) is 5.82 Å². The van der Waals surface area contributed by atoms with Gasteiger partial charge in [-0.15, -0.1) is 4.98 Å². The minimum Gasteiger partial charge on any atom is -0.494 e. The van der Waals surface area contributed by atoms with Crippen LogP contribution in [-0.2, 0) is 11.3 Å². The molecule has 0 saturated heterocycles. The Kier molecular flexibility index (Phi) is 5.96. The van der Waals surface area contributed by atoms with Gasteiger partial charge in [-0.05, 0) is 0 Å². The van der Waals surface area contributed by atoms with Gasteiger partial charge in [-0.25, -0.2) is 0 Å². The number of hydrogen-bond donors (Lipinski definition) is 0. The van der Waals surface area contributed by atoms with Gasteiger partial charge in [0, 0.05) is 0 Å². The van der Waals surface area contributed by atoms with Gasteiger partial charge in [0.15, 0.2) is 5.82 Å². The average Bonchev–Trinajstić information content (AvgIpc) is 2.40. The summed E-state index contributed by atoms with van der Waals surface area (Å²) in [5, 5.41) is 0. The first-order chi connectivity index (χ1) is 8.80. The van der Waals surface area contributed by atoms with Crippen molar-refractivity contribution < 1.29 is 14.2 Å². The molecule has 1 rings (SSSR count). The third kappa shape index (κ3) is 4.65. The summed E-state index contributed by atoms with van der Waals surface area (Å²) < 4.78 is 15.5. The summed E-state index contributed by atoms with van der Waals surface area (Å²) >= 11 is 0. The van der Waals surface area contributed by atoms with E-state index in [1.807, 2.05) is 0 Å². The lowest BCUT2D eigenvalue weighted by atomic mass is 10.6. The van der Waals surface area contributed by atoms with E-state index in [0.717, 1.165) is 0 Å². The molecule has 0 unspecified atom stereocenters. The molecular weight excluding hydrogens is 234 g/mol. The van der Waals surface area contributed by atoms with E-state index in [9.17, 15) is 0 Å². The Balaban J connectivity index is 2.83. The van der Waals surface area contributed by atoms with Gasteiger partial charge >= 0.3 is 12.0 Å². The monoisotopic (exact) mass is 249 g/mol. The molecule has 0 fully saturated rings. The molecule has 6 nitrogen and oxygen atoms in total. The van der Waals surface area contributed by atoms with Crippen LogP contribution in [0.4, 0.5) is 0 Å². The van der Waals surface area contributed by atoms with E-state index in [-0.39, 0.29) is 18.6 Å². The topological polar surface area (TPSA) is 66.4 Å². The van der Waals surface area contributed by atoms with Crippen molar-refractivity contribution in [3.8, 4) is 12.0 Å². The second-order valence-electron chi connectivity index (χ2n) is 2.99. The van der Waals surface area contributed by atoms with E-state index in [2.05, 4.69) is 34.7 Å². The Morgan fingerprint density at radius 1 is 0.889 bits per heavy atom. The van der Waals surface area contributed by atoms with Gasteiger partial charge in [-0.3, -0.25) is 0 Å². The smallest absolute Gasteiger partial charge is 0.323 e. The van der Waals surface area contributed by atoms with Crippen molar-refractivity contribution in [3.63, 3.8) is 0 Å². The zero-order chi connectivity index (χ0) is 13.2. The molecule has 0 aromatic carbocycles. The van der Waals surface area contributed by atoms with Crippen molar-refractivity contribution in [1.82, 2.24) is 15.0 Å². The Morgan fingerprint density at radius 2 is 1.44 bits per heavy atom. The molecular formula is C12H15N3O3. The number of hydrogen-bond acceptors (Lipinski definition) is 6. The van der Waals surface area contributed by atoms with E-state index < -0.39 is 0 Å². The van der Waals surface area contributed by atoms with Gasteiger partial charge in [0.05, 0.1) is 6.26 Å². The van der Waals surface area contributed by atoms with Crippen LogP contribution in [0.3, 0.4) is 0 Å². The second kappa shape index (κ2) is 7.83. The van der Waals surface area contributed by atoms with Crippen LogP contribution in [0.2, 0.25) is 0 Å². The van der Waals surface area contributed by atoms with Crippen LogP contribution in [0.25, 0.3) is 0 Å². The van der Waals surface area contributed by atoms with Crippen LogP contribution < -0.4 is 9.47 Å². The molecule has 1 heterocycles. The fraction of sp³-hybridized carbons (Fsp3) is 0.250. The van der Waals surface area contributed by atoms with Crippen LogP contribution >= 0.6 is 0 Å². The predicted molar refractivity (Wildman–Crippen MR) is 66.2 cm³/mol. The standard InChI is InChI=1S/C12H15N3O3/c1-4-7-17-11-13-10(9-16-6-3)14-12(15-11)18-8-5-2/h4-6H,1-3,7-9H2. The second-order valence-corrected chi connectivity index (χ2v) is 2.99. The SMILES string of the molecule is C=CCOc1nc(COC=C)nc(OCC=C)n1. The predicted octanol–water partition coefficient (Wildman–Crippen LogP) is 1.66. The summed E-state index contributed by atoms with van der Waals surface area (Å²) in [4.78, 5) is 12.1. The van der Waals surface area contributed by atoms with Crippen molar-refractivity contribution in [2.75, 3.05) is 13.2 Å². The van der Waals surface area contributed by atoms with Gasteiger partial charge in [0.25, 0.3) is 0 Å². The molecule has 0 bridgehead atoms. The fourth-order valence-electron chi connectivity index (χ4n) is 0.972. The first-order valence-electron chi connectivity index (χ1n) is 5.25. The van der Waals surface area contributed by atoms with Crippen LogP contribution in [0.15, 0.2) is 38.2 Å². The molecule has 1 aromatic rings. The lowest BCUT2D eigenvalue weighted by Crippen LogP contribution is -2.08. The Labute approximate surface area is 106 Å². The van der Waals surface area contributed by atoms with E-state index >= 15 is 0 Å². The van der Waals surface area contributed by atoms with Crippen molar-refractivity contribution in [2.24, 2.45) is 0 Å². The van der Waals surface area contributed by atoms with Crippen molar-refractivity contribution >= 4 is 0 Å². The van der Waals surface area contributed by atoms with E-state index in [0.29, 0.717) is 19.0 Å². The largest absolute Gasteiger partial charge is 0.494 e. The zero-order valence-electron chi connectivity index (χ0n) is 10.0. The van der Waals surface area contributed by atoms with Crippen LogP contribution in [0.5, 0.6) is 12.0 Å². The number of aromatic nitrogens is 3. The lowest BCUT2D eigenvalue weighted by molar-refractivity contribution is 0.220. The normalized spacial score (nSPS) is 9.33. The third-order valence-electron chi connectivity index (χ3n) is 1.63. The summed E-state index contributed by atoms with van der Waals surface area (Å²) in [6.45, 7) is 11.3. The van der Waals surface area contributed by atoms with Crippen molar-refractivity contribution in [2.45, 2.75) is 6.61 Å². The van der Waals surface area contributed by atoms with Gasteiger partial charge in [0.1, 0.15) is 19.8 Å². The zero-order valence-corrected chi connectivity index (χ0v) is 10.0. The van der Waals surface area contributed by atoms with Gasteiger partial charge in [0.2, 0.25) is 0 Å². The molecule has 0 aliphatic carbocycles. The number of ether oxygens (including phenoxy) is 3. The maximum absolute atomic E-state index is 5.23. The molecule has 0 spiro atoms. The summed E-state index contributed by atoms with van der Waals surface area (Å²) in [7, 11) is 0. The van der Waals surface area contributed by atoms with Crippen molar-refractivity contribution in [3.05, 3.63) is 44.0 Å².